The Hall–Kier alpha value is -2.60. The van der Waals surface area contributed by atoms with Gasteiger partial charge in [0, 0.05) is 48.2 Å². The quantitative estimate of drug-likeness (QED) is 0.777. The monoisotopic (exact) mass is 397 g/mol. The average molecular weight is 397 g/mol. The van der Waals surface area contributed by atoms with Crippen molar-refractivity contribution in [2.45, 2.75) is 31.9 Å². The highest BCUT2D eigenvalue weighted by atomic mass is 16.7. The molecule has 29 heavy (non-hydrogen) atoms. The second-order valence-corrected chi connectivity index (χ2v) is 7.94. The van der Waals surface area contributed by atoms with Crippen LogP contribution in [-0.2, 0) is 0 Å². The summed E-state index contributed by atoms with van der Waals surface area (Å²) in [5, 5.41) is 0. The van der Waals surface area contributed by atoms with Crippen LogP contribution in [0.15, 0.2) is 30.3 Å². The van der Waals surface area contributed by atoms with Crippen molar-refractivity contribution in [1.29, 1.82) is 0 Å². The molecule has 1 saturated heterocycles. The predicted molar refractivity (Wildman–Crippen MR) is 108 cm³/mol. The van der Waals surface area contributed by atoms with Crippen molar-refractivity contribution in [2.75, 3.05) is 34.1 Å². The van der Waals surface area contributed by atoms with E-state index < -0.39 is 0 Å². The highest BCUT2D eigenvalue weighted by Crippen LogP contribution is 2.51. The molecule has 6 nitrogen and oxygen atoms in total. The van der Waals surface area contributed by atoms with Crippen molar-refractivity contribution in [3.8, 4) is 28.7 Å². The normalized spacial score (nSPS) is 25.4. The fraction of sp³-hybridized carbons (Fsp3) is 0.478. The van der Waals surface area contributed by atoms with Gasteiger partial charge < -0.3 is 23.7 Å². The maximum atomic E-state index is 6.55. The molecule has 3 aliphatic heterocycles. The summed E-state index contributed by atoms with van der Waals surface area (Å²) in [7, 11) is 3.38. The van der Waals surface area contributed by atoms with Crippen LogP contribution in [0.3, 0.4) is 0 Å². The van der Waals surface area contributed by atoms with Crippen molar-refractivity contribution >= 4 is 0 Å². The molecule has 0 radical (unpaired) electrons. The molecule has 1 fully saturated rings. The van der Waals surface area contributed by atoms with E-state index in [1.54, 1.807) is 14.2 Å². The first kappa shape index (κ1) is 18.4. The van der Waals surface area contributed by atoms with Gasteiger partial charge in [-0.2, -0.15) is 0 Å². The molecule has 6 heteroatoms. The van der Waals surface area contributed by atoms with Crippen molar-refractivity contribution < 1.29 is 23.7 Å². The number of benzene rings is 2. The molecule has 0 N–H and O–H groups in total. The maximum absolute atomic E-state index is 6.55. The second kappa shape index (κ2) is 7.34. The lowest BCUT2D eigenvalue weighted by molar-refractivity contribution is -0.0180. The predicted octanol–water partition coefficient (Wildman–Crippen LogP) is 4.01. The Kier molecular flexibility index (Phi) is 4.66. The molecule has 2 aromatic carbocycles. The zero-order chi connectivity index (χ0) is 20.0. The van der Waals surface area contributed by atoms with Crippen molar-refractivity contribution in [2.24, 2.45) is 5.92 Å². The van der Waals surface area contributed by atoms with Gasteiger partial charge in [-0.15, -0.1) is 0 Å². The van der Waals surface area contributed by atoms with Gasteiger partial charge in [-0.1, -0.05) is 13.0 Å². The number of fused-ring (bicyclic) bond motifs is 2. The van der Waals surface area contributed by atoms with Gasteiger partial charge >= 0.3 is 0 Å². The van der Waals surface area contributed by atoms with E-state index in [9.17, 15) is 0 Å². The van der Waals surface area contributed by atoms with E-state index >= 15 is 0 Å². The van der Waals surface area contributed by atoms with Crippen LogP contribution in [0.4, 0.5) is 0 Å². The average Bonchev–Trinajstić information content (AvgIpc) is 3.43. The maximum Gasteiger partial charge on any atom is 0.231 e. The molecular formula is C23H27NO5. The van der Waals surface area contributed by atoms with Crippen LogP contribution in [0.1, 0.15) is 36.8 Å². The fourth-order valence-corrected chi connectivity index (χ4v) is 4.90. The molecule has 3 heterocycles. The summed E-state index contributed by atoms with van der Waals surface area (Å²) < 4.78 is 29.0. The third kappa shape index (κ3) is 3.06. The summed E-state index contributed by atoms with van der Waals surface area (Å²) in [4.78, 5) is 2.46. The number of hydrogen-bond acceptors (Lipinski definition) is 6. The third-order valence-corrected chi connectivity index (χ3v) is 6.34. The van der Waals surface area contributed by atoms with Gasteiger partial charge in [0.15, 0.2) is 17.7 Å². The SMILES string of the molecule is COc1ccc([C@@H]2c3cc4c(cc3O[C@@H](N3CCCC3)[C@@H]2C)OCO4)c(OC)c1. The standard InChI is InChI=1S/C23H27NO5/c1-14-22(16-7-6-15(25-2)10-18(16)26-3)17-11-20-21(28-13-27-20)12-19(17)29-23(14)24-8-4-5-9-24/h6-7,10-12,14,22-23H,4-5,8-9,13H2,1-3H3/t14-,22-,23-/m1/s1. The third-order valence-electron chi connectivity index (χ3n) is 6.34. The Labute approximate surface area is 171 Å². The van der Waals surface area contributed by atoms with Crippen LogP contribution in [0.2, 0.25) is 0 Å². The van der Waals surface area contributed by atoms with E-state index in [0.717, 1.165) is 53.0 Å². The van der Waals surface area contributed by atoms with Crippen molar-refractivity contribution in [3.05, 3.63) is 41.5 Å². The van der Waals surface area contributed by atoms with Crippen molar-refractivity contribution in [3.63, 3.8) is 0 Å². The molecule has 3 atom stereocenters. The van der Waals surface area contributed by atoms with E-state index in [4.69, 9.17) is 23.7 Å². The summed E-state index contributed by atoms with van der Waals surface area (Å²) in [5.41, 5.74) is 2.24. The number of likely N-dealkylation sites (tertiary alicyclic amines) is 1. The van der Waals surface area contributed by atoms with Crippen LogP contribution in [-0.4, -0.2) is 45.2 Å². The van der Waals surface area contributed by atoms with Crippen LogP contribution < -0.4 is 23.7 Å². The molecule has 154 valence electrons. The Bertz CT molecular complexity index is 908. The largest absolute Gasteiger partial charge is 0.497 e. The summed E-state index contributed by atoms with van der Waals surface area (Å²) in [6.07, 6.45) is 2.45. The van der Waals surface area contributed by atoms with E-state index in [1.807, 2.05) is 18.2 Å². The molecule has 0 aromatic heterocycles. The second-order valence-electron chi connectivity index (χ2n) is 7.94. The highest BCUT2D eigenvalue weighted by Gasteiger charge is 2.42. The van der Waals surface area contributed by atoms with Gasteiger partial charge in [0.2, 0.25) is 6.79 Å². The summed E-state index contributed by atoms with van der Waals surface area (Å²) in [5.74, 6) is 4.35. The first-order valence-electron chi connectivity index (χ1n) is 10.3. The Morgan fingerprint density at radius 1 is 0.897 bits per heavy atom. The Morgan fingerprint density at radius 2 is 1.66 bits per heavy atom. The van der Waals surface area contributed by atoms with Gasteiger partial charge in [-0.05, 0) is 25.0 Å². The van der Waals surface area contributed by atoms with E-state index in [0.29, 0.717) is 0 Å². The summed E-state index contributed by atoms with van der Waals surface area (Å²) in [6.45, 7) is 4.66. The van der Waals surface area contributed by atoms with Crippen LogP contribution in [0, 0.1) is 5.92 Å². The Balaban J connectivity index is 1.64. The van der Waals surface area contributed by atoms with Crippen LogP contribution >= 0.6 is 0 Å². The number of ether oxygens (including phenoxy) is 5. The number of nitrogens with zero attached hydrogens (tertiary/aromatic N) is 1. The molecule has 2 aromatic rings. The molecule has 3 aliphatic rings. The molecule has 5 rings (SSSR count). The molecule has 0 bridgehead atoms. The van der Waals surface area contributed by atoms with Crippen molar-refractivity contribution in [1.82, 2.24) is 4.90 Å². The van der Waals surface area contributed by atoms with Gasteiger partial charge in [0.05, 0.1) is 14.2 Å². The van der Waals surface area contributed by atoms with Crippen LogP contribution in [0.25, 0.3) is 0 Å². The van der Waals surface area contributed by atoms with Gasteiger partial charge in [-0.3, -0.25) is 4.90 Å². The minimum absolute atomic E-state index is 0.0159. The number of methoxy groups -OCH3 is 2. The number of hydrogen-bond donors (Lipinski definition) is 0. The minimum atomic E-state index is 0.0159. The molecule has 0 unspecified atom stereocenters. The zero-order valence-electron chi connectivity index (χ0n) is 17.1. The summed E-state index contributed by atoms with van der Waals surface area (Å²) in [6, 6.07) is 10.1. The minimum Gasteiger partial charge on any atom is -0.497 e. The smallest absolute Gasteiger partial charge is 0.231 e. The summed E-state index contributed by atoms with van der Waals surface area (Å²) >= 11 is 0. The van der Waals surface area contributed by atoms with Gasteiger partial charge in [0.1, 0.15) is 17.2 Å². The van der Waals surface area contributed by atoms with E-state index in [-0.39, 0.29) is 24.9 Å². The molecule has 0 saturated carbocycles. The number of rotatable bonds is 4. The first-order valence-corrected chi connectivity index (χ1v) is 10.3. The molecular weight excluding hydrogens is 370 g/mol. The molecule has 0 amide bonds. The lowest BCUT2D eigenvalue weighted by Crippen LogP contribution is -2.47. The van der Waals surface area contributed by atoms with Gasteiger partial charge in [0.25, 0.3) is 0 Å². The van der Waals surface area contributed by atoms with Gasteiger partial charge in [-0.25, -0.2) is 0 Å². The fourth-order valence-electron chi connectivity index (χ4n) is 4.90. The lowest BCUT2D eigenvalue weighted by Gasteiger charge is -2.42. The Morgan fingerprint density at radius 3 is 2.38 bits per heavy atom. The van der Waals surface area contributed by atoms with Crippen LogP contribution in [0.5, 0.6) is 28.7 Å². The topological polar surface area (TPSA) is 49.4 Å². The molecule has 0 spiro atoms. The molecule has 0 aliphatic carbocycles. The van der Waals surface area contributed by atoms with E-state index in [2.05, 4.69) is 24.0 Å². The first-order chi connectivity index (χ1) is 14.2. The highest BCUT2D eigenvalue weighted by molar-refractivity contribution is 5.58. The van der Waals surface area contributed by atoms with E-state index in [1.165, 1.54) is 12.8 Å². The lowest BCUT2D eigenvalue weighted by atomic mass is 9.77. The zero-order valence-corrected chi connectivity index (χ0v) is 17.1.